The maximum atomic E-state index is 12.2. The number of nitrogens with zero attached hydrogens (tertiary/aromatic N) is 2. The van der Waals surface area contributed by atoms with Crippen molar-refractivity contribution in [2.45, 2.75) is 38.1 Å². The van der Waals surface area contributed by atoms with Crippen molar-refractivity contribution in [3.8, 4) is 6.07 Å². The average molecular weight is 273 g/mol. The van der Waals surface area contributed by atoms with Crippen LogP contribution < -0.4 is 5.32 Å². The summed E-state index contributed by atoms with van der Waals surface area (Å²) < 4.78 is 0. The number of nitro benzene ring substituents is 1. The molecule has 0 atom stereocenters. The van der Waals surface area contributed by atoms with Crippen LogP contribution in [0, 0.1) is 28.4 Å². The van der Waals surface area contributed by atoms with Crippen LogP contribution in [0.3, 0.4) is 0 Å². The number of hydrogen-bond donors (Lipinski definition) is 1. The predicted octanol–water partition coefficient (Wildman–Crippen LogP) is 2.47. The van der Waals surface area contributed by atoms with Gasteiger partial charge in [-0.05, 0) is 38.7 Å². The molecule has 0 spiro atoms. The summed E-state index contributed by atoms with van der Waals surface area (Å²) in [6, 6.07) is 6.50. The molecule has 1 aliphatic carbocycles. The minimum atomic E-state index is -0.823. The standard InChI is InChI=1S/C14H15N3O3/c1-10-4-5-11(8-12(10)17(19)20)13(18)16-14(9-15)6-2-3-7-14/h4-5,8H,2-3,6-7H2,1H3,(H,16,18). The minimum Gasteiger partial charge on any atom is -0.334 e. The van der Waals surface area contributed by atoms with Gasteiger partial charge in [0, 0.05) is 17.2 Å². The Bertz CT molecular complexity index is 598. The molecular formula is C14H15N3O3. The average Bonchev–Trinajstić information content (AvgIpc) is 2.88. The van der Waals surface area contributed by atoms with Gasteiger partial charge in [0.2, 0.25) is 0 Å². The Morgan fingerprint density at radius 3 is 2.65 bits per heavy atom. The smallest absolute Gasteiger partial charge is 0.273 e. The zero-order valence-corrected chi connectivity index (χ0v) is 11.2. The number of carbonyl (C=O) groups excluding carboxylic acids is 1. The van der Waals surface area contributed by atoms with Crippen molar-refractivity contribution in [2.75, 3.05) is 0 Å². The molecule has 1 saturated carbocycles. The molecule has 1 fully saturated rings. The predicted molar refractivity (Wildman–Crippen MR) is 72.1 cm³/mol. The first-order valence-electron chi connectivity index (χ1n) is 6.46. The highest BCUT2D eigenvalue weighted by Gasteiger charge is 2.35. The van der Waals surface area contributed by atoms with E-state index in [0.29, 0.717) is 18.4 Å². The molecule has 0 radical (unpaired) electrons. The number of benzene rings is 1. The van der Waals surface area contributed by atoms with Crippen LogP contribution in [0.5, 0.6) is 0 Å². The number of rotatable bonds is 3. The lowest BCUT2D eigenvalue weighted by Gasteiger charge is -2.21. The molecule has 20 heavy (non-hydrogen) atoms. The quantitative estimate of drug-likeness (QED) is 0.675. The van der Waals surface area contributed by atoms with Crippen LogP contribution in [0.15, 0.2) is 18.2 Å². The molecule has 0 heterocycles. The second kappa shape index (κ2) is 5.29. The molecular weight excluding hydrogens is 258 g/mol. The SMILES string of the molecule is Cc1ccc(C(=O)NC2(C#N)CCCC2)cc1[N+](=O)[O-]. The molecule has 1 N–H and O–H groups in total. The zero-order valence-electron chi connectivity index (χ0n) is 11.2. The maximum absolute atomic E-state index is 12.2. The lowest BCUT2D eigenvalue weighted by atomic mass is 9.99. The van der Waals surface area contributed by atoms with Crippen LogP contribution in [-0.4, -0.2) is 16.4 Å². The fraction of sp³-hybridized carbons (Fsp3) is 0.429. The molecule has 104 valence electrons. The summed E-state index contributed by atoms with van der Waals surface area (Å²) in [5.41, 5.74) is -0.196. The van der Waals surface area contributed by atoms with Crippen molar-refractivity contribution in [1.82, 2.24) is 5.32 Å². The van der Waals surface area contributed by atoms with Crippen LogP contribution >= 0.6 is 0 Å². The first-order valence-corrected chi connectivity index (χ1v) is 6.46. The van der Waals surface area contributed by atoms with Crippen LogP contribution in [0.25, 0.3) is 0 Å². The number of hydrogen-bond acceptors (Lipinski definition) is 4. The summed E-state index contributed by atoms with van der Waals surface area (Å²) in [6.07, 6.45) is 3.07. The van der Waals surface area contributed by atoms with Crippen molar-refractivity contribution in [1.29, 1.82) is 5.26 Å². The van der Waals surface area contributed by atoms with Crippen molar-refractivity contribution < 1.29 is 9.72 Å². The third-order valence-electron chi connectivity index (χ3n) is 3.69. The normalized spacial score (nSPS) is 16.4. The number of aryl methyl sites for hydroxylation is 1. The number of nitriles is 1. The van der Waals surface area contributed by atoms with E-state index in [0.717, 1.165) is 12.8 Å². The molecule has 0 aliphatic heterocycles. The molecule has 0 bridgehead atoms. The molecule has 0 saturated heterocycles. The Labute approximate surface area is 116 Å². The van der Waals surface area contributed by atoms with Gasteiger partial charge in [-0.15, -0.1) is 0 Å². The molecule has 1 aliphatic rings. The van der Waals surface area contributed by atoms with Gasteiger partial charge in [-0.2, -0.15) is 5.26 Å². The Morgan fingerprint density at radius 2 is 2.10 bits per heavy atom. The minimum absolute atomic E-state index is 0.0879. The fourth-order valence-electron chi connectivity index (χ4n) is 2.48. The van der Waals surface area contributed by atoms with E-state index >= 15 is 0 Å². The summed E-state index contributed by atoms with van der Waals surface area (Å²) >= 11 is 0. The number of nitro groups is 1. The molecule has 0 unspecified atom stereocenters. The van der Waals surface area contributed by atoms with Gasteiger partial charge in [-0.3, -0.25) is 14.9 Å². The van der Waals surface area contributed by atoms with E-state index in [1.807, 2.05) is 0 Å². The summed E-state index contributed by atoms with van der Waals surface area (Å²) in [5.74, 6) is -0.434. The highest BCUT2D eigenvalue weighted by molar-refractivity contribution is 5.95. The summed E-state index contributed by atoms with van der Waals surface area (Å²) in [7, 11) is 0. The summed E-state index contributed by atoms with van der Waals surface area (Å²) in [6.45, 7) is 1.62. The van der Waals surface area contributed by atoms with Gasteiger partial charge in [0.15, 0.2) is 0 Å². The number of amides is 1. The lowest BCUT2D eigenvalue weighted by molar-refractivity contribution is -0.385. The topological polar surface area (TPSA) is 96.0 Å². The highest BCUT2D eigenvalue weighted by atomic mass is 16.6. The first-order chi connectivity index (χ1) is 9.47. The van der Waals surface area contributed by atoms with Gasteiger partial charge in [0.1, 0.15) is 5.54 Å². The van der Waals surface area contributed by atoms with E-state index in [1.165, 1.54) is 12.1 Å². The fourth-order valence-corrected chi connectivity index (χ4v) is 2.48. The van der Waals surface area contributed by atoms with E-state index in [4.69, 9.17) is 0 Å². The van der Waals surface area contributed by atoms with Crippen molar-refractivity contribution >= 4 is 11.6 Å². The Kier molecular flexibility index (Phi) is 3.70. The molecule has 2 rings (SSSR count). The number of nitrogens with one attached hydrogen (secondary N) is 1. The second-order valence-corrected chi connectivity index (χ2v) is 5.11. The number of carbonyl (C=O) groups is 1. The molecule has 1 amide bonds. The monoisotopic (exact) mass is 273 g/mol. The Morgan fingerprint density at radius 1 is 1.45 bits per heavy atom. The van der Waals surface area contributed by atoms with Gasteiger partial charge in [0.25, 0.3) is 11.6 Å². The van der Waals surface area contributed by atoms with Crippen LogP contribution in [-0.2, 0) is 0 Å². The van der Waals surface area contributed by atoms with Crippen molar-refractivity contribution in [3.63, 3.8) is 0 Å². The second-order valence-electron chi connectivity index (χ2n) is 5.11. The van der Waals surface area contributed by atoms with Crippen LogP contribution in [0.2, 0.25) is 0 Å². The molecule has 0 aromatic heterocycles. The molecule has 6 heteroatoms. The van der Waals surface area contributed by atoms with Crippen LogP contribution in [0.4, 0.5) is 5.69 Å². The van der Waals surface area contributed by atoms with Gasteiger partial charge in [-0.1, -0.05) is 6.07 Å². The third kappa shape index (κ3) is 2.62. The summed E-state index contributed by atoms with van der Waals surface area (Å²) in [4.78, 5) is 22.5. The lowest BCUT2D eigenvalue weighted by Crippen LogP contribution is -2.45. The largest absolute Gasteiger partial charge is 0.334 e. The Balaban J connectivity index is 2.24. The molecule has 1 aromatic rings. The van der Waals surface area contributed by atoms with Gasteiger partial charge in [-0.25, -0.2) is 0 Å². The molecule has 6 nitrogen and oxygen atoms in total. The zero-order chi connectivity index (χ0) is 14.8. The van der Waals surface area contributed by atoms with E-state index in [-0.39, 0.29) is 11.3 Å². The van der Waals surface area contributed by atoms with Crippen LogP contribution in [0.1, 0.15) is 41.6 Å². The van der Waals surface area contributed by atoms with E-state index in [2.05, 4.69) is 11.4 Å². The van der Waals surface area contributed by atoms with E-state index in [1.54, 1.807) is 13.0 Å². The highest BCUT2D eigenvalue weighted by Crippen LogP contribution is 2.29. The maximum Gasteiger partial charge on any atom is 0.273 e. The molecule has 1 aromatic carbocycles. The summed E-state index contributed by atoms with van der Waals surface area (Å²) in [5, 5.41) is 22.8. The third-order valence-corrected chi connectivity index (χ3v) is 3.69. The van der Waals surface area contributed by atoms with E-state index in [9.17, 15) is 20.2 Å². The van der Waals surface area contributed by atoms with Gasteiger partial charge >= 0.3 is 0 Å². The Hall–Kier alpha value is -2.42. The van der Waals surface area contributed by atoms with Gasteiger partial charge in [0.05, 0.1) is 11.0 Å². The van der Waals surface area contributed by atoms with Gasteiger partial charge < -0.3 is 5.32 Å². The van der Waals surface area contributed by atoms with E-state index < -0.39 is 16.4 Å². The first kappa shape index (κ1) is 14.0. The van der Waals surface area contributed by atoms with Crippen molar-refractivity contribution in [2.24, 2.45) is 0 Å². The van der Waals surface area contributed by atoms with Crippen molar-refractivity contribution in [3.05, 3.63) is 39.4 Å².